The van der Waals surface area contributed by atoms with Crippen LogP contribution in [0.15, 0.2) is 58.8 Å². The number of nitrogens with one attached hydrogen (secondary N) is 1. The second kappa shape index (κ2) is 11.4. The monoisotopic (exact) mass is 556 g/mol. The number of carbonyl (C=O) groups is 1. The number of sulfone groups is 1. The van der Waals surface area contributed by atoms with Crippen LogP contribution in [0.5, 0.6) is 5.75 Å². The van der Waals surface area contributed by atoms with Crippen LogP contribution >= 0.6 is 11.6 Å². The van der Waals surface area contributed by atoms with Gasteiger partial charge in [0.15, 0.2) is 15.5 Å². The van der Waals surface area contributed by atoms with Crippen molar-refractivity contribution in [1.29, 1.82) is 0 Å². The van der Waals surface area contributed by atoms with Gasteiger partial charge in [0.1, 0.15) is 16.7 Å². The Morgan fingerprint density at radius 1 is 1.31 bits per heavy atom. The second-order valence-corrected chi connectivity index (χ2v) is 12.7. The number of alkyl halides is 1. The number of methoxy groups -OCH3 is 1. The number of piperidine rings is 1. The summed E-state index contributed by atoms with van der Waals surface area (Å²) in [5, 5.41) is 3.99. The van der Waals surface area contributed by atoms with E-state index < -0.39 is 44.5 Å². The van der Waals surface area contributed by atoms with Gasteiger partial charge in [-0.15, -0.1) is 0 Å². The molecule has 0 spiro atoms. The molecular weight excluding hydrogens is 527 g/mol. The van der Waals surface area contributed by atoms with Gasteiger partial charge >= 0.3 is 0 Å². The first-order chi connectivity index (χ1) is 16.8. The van der Waals surface area contributed by atoms with E-state index in [2.05, 4.69) is 5.32 Å². The largest absolute Gasteiger partial charge is 0.497 e. The van der Waals surface area contributed by atoms with Crippen molar-refractivity contribution in [2.24, 2.45) is 0 Å². The van der Waals surface area contributed by atoms with Crippen LogP contribution in [0.2, 0.25) is 5.02 Å². The highest BCUT2D eigenvalue weighted by molar-refractivity contribution is 7.93. The van der Waals surface area contributed by atoms with Gasteiger partial charge in [0.2, 0.25) is 0 Å². The minimum atomic E-state index is -3.36. The van der Waals surface area contributed by atoms with Crippen LogP contribution in [0.3, 0.4) is 0 Å². The fourth-order valence-electron chi connectivity index (χ4n) is 4.08. The molecule has 2 aromatic carbocycles. The second-order valence-electron chi connectivity index (χ2n) is 8.92. The van der Waals surface area contributed by atoms with Crippen molar-refractivity contribution in [2.75, 3.05) is 19.9 Å². The molecule has 4 atom stereocenters. The van der Waals surface area contributed by atoms with E-state index in [-0.39, 0.29) is 19.4 Å². The van der Waals surface area contributed by atoms with Gasteiger partial charge in [0.05, 0.1) is 12.0 Å². The molecule has 196 valence electrons. The van der Waals surface area contributed by atoms with Crippen LogP contribution < -0.4 is 10.1 Å². The van der Waals surface area contributed by atoms with E-state index in [0.717, 1.165) is 11.7 Å². The number of hydrogen-bond acceptors (Lipinski definition) is 5. The van der Waals surface area contributed by atoms with Gasteiger partial charge in [-0.05, 0) is 38.1 Å². The van der Waals surface area contributed by atoms with E-state index in [9.17, 15) is 17.4 Å². The number of carbonyl (C=O) groups excluding carboxylic acids is 1. The smallest absolute Gasteiger partial charge is 0.258 e. The van der Waals surface area contributed by atoms with Crippen LogP contribution in [-0.4, -0.2) is 60.5 Å². The normalized spacial score (nSPS) is 22.8. The number of ether oxygens (including phenoxy) is 1. The number of rotatable bonds is 8. The first-order valence-corrected chi connectivity index (χ1v) is 14.8. The Morgan fingerprint density at radius 2 is 2.00 bits per heavy atom. The molecule has 11 heteroatoms. The molecule has 1 aliphatic rings. The molecular formula is C25H30ClFN2O5S2. The Bertz CT molecular complexity index is 1290. The predicted molar refractivity (Wildman–Crippen MR) is 141 cm³/mol. The Hall–Kier alpha value is -2.27. The maximum absolute atomic E-state index is 15.7. The standard InChI is InChI=1S/C25H30ClFN2O5S2/c1-17(11-14-36(4,32)33)28-24(30)25(27)12-13-29(18(2)16-25)35(31)23-10-9-19(34-3)15-21(23)20-7-5-6-8-22(20)26/h5-11,14-15,17-18H,12-13,16H2,1-4H3,(H,28,30)/b14-11-/t17-,18-,25?,35?/m1/s1. The summed E-state index contributed by atoms with van der Waals surface area (Å²) in [4.78, 5) is 13.2. The molecule has 1 aliphatic heterocycles. The summed E-state index contributed by atoms with van der Waals surface area (Å²) < 4.78 is 59.0. The molecule has 7 nitrogen and oxygen atoms in total. The van der Waals surface area contributed by atoms with Crippen molar-refractivity contribution in [3.63, 3.8) is 0 Å². The summed E-state index contributed by atoms with van der Waals surface area (Å²) in [6.45, 7) is 3.38. The molecule has 0 aromatic heterocycles. The summed E-state index contributed by atoms with van der Waals surface area (Å²) in [6.07, 6.45) is 2.01. The zero-order valence-electron chi connectivity index (χ0n) is 20.5. The first kappa shape index (κ1) is 28.3. The highest BCUT2D eigenvalue weighted by atomic mass is 35.5. The summed E-state index contributed by atoms with van der Waals surface area (Å²) >= 11 is 6.42. The molecule has 1 saturated heterocycles. The lowest BCUT2D eigenvalue weighted by Gasteiger charge is -2.39. The van der Waals surface area contributed by atoms with Crippen molar-refractivity contribution in [1.82, 2.24) is 9.62 Å². The number of amides is 1. The Kier molecular flexibility index (Phi) is 8.97. The molecule has 3 rings (SSSR count). The Balaban J connectivity index is 1.80. The topological polar surface area (TPSA) is 92.8 Å². The molecule has 1 amide bonds. The molecule has 36 heavy (non-hydrogen) atoms. The summed E-state index contributed by atoms with van der Waals surface area (Å²) in [5.74, 6) is -0.234. The highest BCUT2D eigenvalue weighted by Crippen LogP contribution is 2.38. The van der Waals surface area contributed by atoms with E-state index in [1.807, 2.05) is 12.1 Å². The van der Waals surface area contributed by atoms with Gasteiger partial charge in [-0.2, -0.15) is 0 Å². The van der Waals surface area contributed by atoms with Gasteiger partial charge in [-0.25, -0.2) is 21.3 Å². The number of benzene rings is 2. The van der Waals surface area contributed by atoms with Gasteiger partial charge in [0.25, 0.3) is 5.91 Å². The molecule has 0 bridgehead atoms. The van der Waals surface area contributed by atoms with Crippen molar-refractivity contribution in [3.05, 3.63) is 59.0 Å². The van der Waals surface area contributed by atoms with Crippen molar-refractivity contribution in [3.8, 4) is 16.9 Å². The molecule has 1 heterocycles. The van der Waals surface area contributed by atoms with E-state index >= 15 is 4.39 Å². The van der Waals surface area contributed by atoms with Crippen LogP contribution in [0.25, 0.3) is 11.1 Å². The minimum Gasteiger partial charge on any atom is -0.497 e. The van der Waals surface area contributed by atoms with Gasteiger partial charge in [0, 0.05) is 59.3 Å². The van der Waals surface area contributed by atoms with E-state index in [1.165, 1.54) is 6.08 Å². The van der Waals surface area contributed by atoms with Crippen molar-refractivity contribution >= 4 is 38.3 Å². The van der Waals surface area contributed by atoms with Crippen LogP contribution in [0, 0.1) is 0 Å². The quantitative estimate of drug-likeness (QED) is 0.523. The van der Waals surface area contributed by atoms with Crippen molar-refractivity contribution < 1.29 is 26.5 Å². The maximum Gasteiger partial charge on any atom is 0.258 e. The van der Waals surface area contributed by atoms with Crippen molar-refractivity contribution in [2.45, 2.75) is 49.3 Å². The molecule has 1 N–H and O–H groups in total. The summed E-state index contributed by atoms with van der Waals surface area (Å²) in [7, 11) is -3.48. The lowest BCUT2D eigenvalue weighted by Crippen LogP contribution is -2.55. The first-order valence-electron chi connectivity index (χ1n) is 11.3. The fraction of sp³-hybridized carbons (Fsp3) is 0.400. The minimum absolute atomic E-state index is 0.0826. The fourth-order valence-corrected chi connectivity index (χ4v) is 6.29. The average molecular weight is 557 g/mol. The van der Waals surface area contributed by atoms with Crippen LogP contribution in [0.4, 0.5) is 4.39 Å². The molecule has 0 radical (unpaired) electrons. The van der Waals surface area contributed by atoms with E-state index in [0.29, 0.717) is 26.8 Å². The third-order valence-corrected chi connectivity index (χ3v) is 8.65. The average Bonchev–Trinajstić information content (AvgIpc) is 2.82. The number of hydrogen-bond donors (Lipinski definition) is 1. The number of nitrogens with zero attached hydrogens (tertiary/aromatic N) is 1. The Morgan fingerprint density at radius 3 is 2.61 bits per heavy atom. The SMILES string of the molecule is COc1ccc(S(=O)N2CCC(F)(C(=O)N[C@H](C)/C=C\S(C)(=O)=O)C[C@H]2C)c(-c2ccccc2Cl)c1. The third kappa shape index (κ3) is 6.73. The van der Waals surface area contributed by atoms with Crippen LogP contribution in [0.1, 0.15) is 26.7 Å². The summed E-state index contributed by atoms with van der Waals surface area (Å²) in [5.41, 5.74) is -0.827. The number of halogens is 2. The maximum atomic E-state index is 15.7. The van der Waals surface area contributed by atoms with Gasteiger partial charge < -0.3 is 10.1 Å². The Labute approximate surface area is 219 Å². The molecule has 1 fully saturated rings. The third-order valence-electron chi connectivity index (χ3n) is 5.97. The lowest BCUT2D eigenvalue weighted by molar-refractivity contribution is -0.136. The predicted octanol–water partition coefficient (Wildman–Crippen LogP) is 4.29. The van der Waals surface area contributed by atoms with Gasteiger partial charge in [-0.3, -0.25) is 4.79 Å². The zero-order valence-corrected chi connectivity index (χ0v) is 22.9. The molecule has 0 saturated carbocycles. The van der Waals surface area contributed by atoms with E-state index in [1.54, 1.807) is 55.6 Å². The summed E-state index contributed by atoms with van der Waals surface area (Å²) in [6, 6.07) is 11.2. The van der Waals surface area contributed by atoms with Crippen LogP contribution in [-0.2, 0) is 25.6 Å². The zero-order chi connectivity index (χ0) is 26.7. The van der Waals surface area contributed by atoms with Gasteiger partial charge in [-0.1, -0.05) is 35.9 Å². The van der Waals surface area contributed by atoms with E-state index in [4.69, 9.17) is 16.3 Å². The molecule has 2 unspecified atom stereocenters. The molecule has 0 aliphatic carbocycles. The highest BCUT2D eigenvalue weighted by Gasteiger charge is 2.46. The molecule has 2 aromatic rings. The lowest BCUT2D eigenvalue weighted by atomic mass is 9.89.